The molecule has 0 unspecified atom stereocenters. The molecule has 0 fully saturated rings. The van der Waals surface area contributed by atoms with Gasteiger partial charge in [-0.15, -0.1) is 0 Å². The van der Waals surface area contributed by atoms with Gasteiger partial charge in [0.25, 0.3) is 0 Å². The number of hydrogen-bond donors (Lipinski definition) is 0. The first-order valence-electron chi connectivity index (χ1n) is 8.46. The zero-order valence-electron chi connectivity index (χ0n) is 15.3. The van der Waals surface area contributed by atoms with E-state index in [1.165, 1.54) is 25.6 Å². The molecule has 0 bridgehead atoms. The lowest BCUT2D eigenvalue weighted by Crippen LogP contribution is -2.24. The van der Waals surface area contributed by atoms with Crippen LogP contribution < -0.4 is 4.90 Å². The number of unbranched alkanes of at least 4 members (excludes halogenated alkanes) is 1. The molecule has 0 amide bonds. The summed E-state index contributed by atoms with van der Waals surface area (Å²) in [6, 6.07) is 7.83. The highest BCUT2D eigenvalue weighted by atomic mass is 32.2. The SMILES string of the molecule is C=C(C)C(=O)OCCCCN1C(=C(C(C)=O)C(C)=O)Sc2ccccc21. The predicted molar refractivity (Wildman–Crippen MR) is 103 cm³/mol. The highest BCUT2D eigenvalue weighted by Gasteiger charge is 2.30. The molecule has 1 aliphatic heterocycles. The molecule has 2 rings (SSSR count). The summed E-state index contributed by atoms with van der Waals surface area (Å²) in [7, 11) is 0. The molecule has 0 aromatic heterocycles. The highest BCUT2D eigenvalue weighted by molar-refractivity contribution is 8.03. The van der Waals surface area contributed by atoms with Crippen LogP contribution in [0.25, 0.3) is 0 Å². The zero-order chi connectivity index (χ0) is 19.3. The molecular weight excluding hydrogens is 350 g/mol. The normalized spacial score (nSPS) is 12.6. The van der Waals surface area contributed by atoms with E-state index in [9.17, 15) is 14.4 Å². The van der Waals surface area contributed by atoms with Gasteiger partial charge in [0.1, 0.15) is 0 Å². The van der Waals surface area contributed by atoms with Gasteiger partial charge in [-0.3, -0.25) is 9.59 Å². The van der Waals surface area contributed by atoms with E-state index in [0.717, 1.165) is 17.0 Å². The van der Waals surface area contributed by atoms with Crippen molar-refractivity contribution in [3.63, 3.8) is 0 Å². The van der Waals surface area contributed by atoms with Crippen LogP contribution >= 0.6 is 11.8 Å². The van der Waals surface area contributed by atoms with Crippen molar-refractivity contribution < 1.29 is 19.1 Å². The number of esters is 1. The molecule has 0 aliphatic carbocycles. The number of thioether (sulfide) groups is 1. The van der Waals surface area contributed by atoms with Crippen LogP contribution in [0.3, 0.4) is 0 Å². The number of carbonyl (C=O) groups is 3. The molecule has 26 heavy (non-hydrogen) atoms. The van der Waals surface area contributed by atoms with Crippen molar-refractivity contribution in [2.24, 2.45) is 0 Å². The van der Waals surface area contributed by atoms with Crippen LogP contribution in [0.5, 0.6) is 0 Å². The highest BCUT2D eigenvalue weighted by Crippen LogP contribution is 2.47. The lowest BCUT2D eigenvalue weighted by molar-refractivity contribution is -0.139. The first-order chi connectivity index (χ1) is 12.3. The Morgan fingerprint density at radius 1 is 1.08 bits per heavy atom. The summed E-state index contributed by atoms with van der Waals surface area (Å²) in [5.41, 5.74) is 1.61. The van der Waals surface area contributed by atoms with Gasteiger partial charge < -0.3 is 9.64 Å². The van der Waals surface area contributed by atoms with Gasteiger partial charge in [0.05, 0.1) is 22.9 Å². The Balaban J connectivity index is 2.13. The molecule has 0 radical (unpaired) electrons. The molecule has 138 valence electrons. The summed E-state index contributed by atoms with van der Waals surface area (Å²) in [6.45, 7) is 8.95. The van der Waals surface area contributed by atoms with E-state index >= 15 is 0 Å². The standard InChI is InChI=1S/C20H23NO4S/c1-13(2)20(24)25-12-8-7-11-21-16-9-5-6-10-17(16)26-19(21)18(14(3)22)15(4)23/h5-6,9-10H,1,7-8,11-12H2,2-4H3. The van der Waals surface area contributed by atoms with Crippen LogP contribution in [0, 0.1) is 0 Å². The topological polar surface area (TPSA) is 63.7 Å². The number of ether oxygens (including phenoxy) is 1. The van der Waals surface area contributed by atoms with E-state index in [1.807, 2.05) is 29.2 Å². The van der Waals surface area contributed by atoms with Crippen molar-refractivity contribution in [1.29, 1.82) is 0 Å². The number of nitrogens with zero attached hydrogens (tertiary/aromatic N) is 1. The fourth-order valence-corrected chi connectivity index (χ4v) is 3.98. The van der Waals surface area contributed by atoms with Crippen LogP contribution in [0.4, 0.5) is 5.69 Å². The maximum Gasteiger partial charge on any atom is 0.333 e. The maximum atomic E-state index is 12.0. The van der Waals surface area contributed by atoms with Gasteiger partial charge >= 0.3 is 5.97 Å². The molecule has 1 heterocycles. The third-order valence-electron chi connectivity index (χ3n) is 3.88. The molecule has 0 saturated heterocycles. The number of hydrogen-bond acceptors (Lipinski definition) is 6. The second-order valence-electron chi connectivity index (χ2n) is 6.14. The summed E-state index contributed by atoms with van der Waals surface area (Å²) >= 11 is 1.45. The van der Waals surface area contributed by atoms with E-state index < -0.39 is 0 Å². The second kappa shape index (κ2) is 8.85. The summed E-state index contributed by atoms with van der Waals surface area (Å²) in [5, 5.41) is 0.685. The number of Topliss-reactive ketones (excluding diaryl/α,β-unsaturated/α-hetero) is 2. The van der Waals surface area contributed by atoms with Crippen molar-refractivity contribution in [3.05, 3.63) is 47.0 Å². The lowest BCUT2D eigenvalue weighted by atomic mass is 10.1. The molecular formula is C20H23NO4S. The molecule has 1 aliphatic rings. The summed E-state index contributed by atoms with van der Waals surface area (Å²) in [6.07, 6.45) is 1.44. The minimum absolute atomic E-state index is 0.229. The Bertz CT molecular complexity index is 766. The Morgan fingerprint density at radius 3 is 2.35 bits per heavy atom. The molecule has 6 heteroatoms. The van der Waals surface area contributed by atoms with Crippen LogP contribution in [0.1, 0.15) is 33.6 Å². The molecule has 0 N–H and O–H groups in total. The van der Waals surface area contributed by atoms with Gasteiger partial charge in [0, 0.05) is 17.0 Å². The van der Waals surface area contributed by atoms with Gasteiger partial charge in [0.15, 0.2) is 11.6 Å². The van der Waals surface area contributed by atoms with Crippen molar-refractivity contribution in [2.75, 3.05) is 18.1 Å². The lowest BCUT2D eigenvalue weighted by Gasteiger charge is -2.22. The van der Waals surface area contributed by atoms with Crippen molar-refractivity contribution in [3.8, 4) is 0 Å². The quantitative estimate of drug-likeness (QED) is 0.226. The Hall–Kier alpha value is -2.34. The van der Waals surface area contributed by atoms with E-state index in [2.05, 4.69) is 6.58 Å². The van der Waals surface area contributed by atoms with Crippen LogP contribution in [0.2, 0.25) is 0 Å². The van der Waals surface area contributed by atoms with E-state index in [1.54, 1.807) is 6.92 Å². The van der Waals surface area contributed by atoms with E-state index in [0.29, 0.717) is 30.2 Å². The number of rotatable bonds is 8. The van der Waals surface area contributed by atoms with Gasteiger partial charge in [-0.25, -0.2) is 4.79 Å². The molecule has 0 atom stereocenters. The Morgan fingerprint density at radius 2 is 1.73 bits per heavy atom. The number of benzene rings is 1. The number of allylic oxidation sites excluding steroid dienone is 1. The predicted octanol–water partition coefficient (Wildman–Crippen LogP) is 3.89. The summed E-state index contributed by atoms with van der Waals surface area (Å²) < 4.78 is 5.11. The average molecular weight is 373 g/mol. The number of fused-ring (bicyclic) bond motifs is 1. The van der Waals surface area contributed by atoms with Crippen molar-refractivity contribution >= 4 is 35.0 Å². The molecule has 0 saturated carbocycles. The second-order valence-corrected chi connectivity index (χ2v) is 7.17. The summed E-state index contributed by atoms with van der Waals surface area (Å²) in [4.78, 5) is 38.4. The van der Waals surface area contributed by atoms with Gasteiger partial charge in [0.2, 0.25) is 0 Å². The van der Waals surface area contributed by atoms with Crippen LogP contribution in [-0.2, 0) is 19.1 Å². The number of ketones is 2. The Labute approximate surface area is 158 Å². The largest absolute Gasteiger partial charge is 0.462 e. The first-order valence-corrected chi connectivity index (χ1v) is 9.27. The minimum Gasteiger partial charge on any atom is -0.462 e. The smallest absolute Gasteiger partial charge is 0.333 e. The van der Waals surface area contributed by atoms with Gasteiger partial charge in [-0.05, 0) is 45.7 Å². The number of anilines is 1. The Kier molecular flexibility index (Phi) is 6.80. The number of para-hydroxylation sites is 1. The van der Waals surface area contributed by atoms with Crippen LogP contribution in [0.15, 0.2) is 51.9 Å². The third-order valence-corrected chi connectivity index (χ3v) is 5.07. The maximum absolute atomic E-state index is 12.0. The molecule has 0 spiro atoms. The fraction of sp³-hybridized carbons (Fsp3) is 0.350. The number of carbonyl (C=O) groups excluding carboxylic acids is 3. The molecule has 5 nitrogen and oxygen atoms in total. The average Bonchev–Trinajstić information content (AvgIpc) is 2.91. The monoisotopic (exact) mass is 373 g/mol. The van der Waals surface area contributed by atoms with Crippen molar-refractivity contribution in [1.82, 2.24) is 0 Å². The first kappa shape index (κ1) is 20.0. The molecule has 1 aromatic rings. The summed E-state index contributed by atoms with van der Waals surface area (Å²) in [5.74, 6) is -0.843. The van der Waals surface area contributed by atoms with E-state index in [4.69, 9.17) is 4.74 Å². The minimum atomic E-state index is -0.386. The molecule has 1 aromatic carbocycles. The van der Waals surface area contributed by atoms with Crippen LogP contribution in [-0.4, -0.2) is 30.7 Å². The van der Waals surface area contributed by atoms with Crippen molar-refractivity contribution in [2.45, 2.75) is 38.5 Å². The van der Waals surface area contributed by atoms with Gasteiger partial charge in [-0.2, -0.15) is 0 Å². The van der Waals surface area contributed by atoms with E-state index in [-0.39, 0.29) is 23.1 Å². The zero-order valence-corrected chi connectivity index (χ0v) is 16.1. The van der Waals surface area contributed by atoms with Gasteiger partial charge in [-0.1, -0.05) is 30.5 Å². The fourth-order valence-electron chi connectivity index (χ4n) is 2.65. The third kappa shape index (κ3) is 4.64.